The second-order valence-corrected chi connectivity index (χ2v) is 5.81. The molecule has 1 unspecified atom stereocenters. The normalized spacial score (nSPS) is 16.7. The number of halogens is 1. The summed E-state index contributed by atoms with van der Waals surface area (Å²) in [4.78, 5) is 2.46. The summed E-state index contributed by atoms with van der Waals surface area (Å²) in [6.45, 7) is 4.18. The van der Waals surface area contributed by atoms with Gasteiger partial charge in [0, 0.05) is 29.8 Å². The summed E-state index contributed by atoms with van der Waals surface area (Å²) in [7, 11) is 0. The van der Waals surface area contributed by atoms with Gasteiger partial charge in [0.25, 0.3) is 0 Å². The van der Waals surface area contributed by atoms with Crippen LogP contribution in [0.2, 0.25) is 5.02 Å². The third-order valence-corrected chi connectivity index (χ3v) is 4.58. The Balaban J connectivity index is 1.85. The van der Waals surface area contributed by atoms with Crippen LogP contribution >= 0.6 is 11.6 Å². The number of rotatable bonds is 2. The SMILES string of the molecule is CC(c1ccccc1Cl)N1CCc2c(N)cccc2C1. The van der Waals surface area contributed by atoms with Crippen LogP contribution in [-0.4, -0.2) is 11.4 Å². The average molecular weight is 287 g/mol. The Labute approximate surface area is 125 Å². The molecule has 1 aliphatic rings. The summed E-state index contributed by atoms with van der Waals surface area (Å²) >= 11 is 6.32. The highest BCUT2D eigenvalue weighted by atomic mass is 35.5. The highest BCUT2D eigenvalue weighted by molar-refractivity contribution is 6.31. The van der Waals surface area contributed by atoms with Crippen LogP contribution < -0.4 is 5.73 Å². The van der Waals surface area contributed by atoms with Gasteiger partial charge in [0.15, 0.2) is 0 Å². The van der Waals surface area contributed by atoms with Crippen molar-refractivity contribution < 1.29 is 0 Å². The molecule has 0 fully saturated rings. The van der Waals surface area contributed by atoms with Gasteiger partial charge in [-0.15, -0.1) is 0 Å². The lowest BCUT2D eigenvalue weighted by Gasteiger charge is -2.34. The molecule has 0 saturated carbocycles. The van der Waals surface area contributed by atoms with Crippen molar-refractivity contribution in [3.8, 4) is 0 Å². The third kappa shape index (κ3) is 2.41. The summed E-state index contributed by atoms with van der Waals surface area (Å²) in [5.41, 5.74) is 10.8. The van der Waals surface area contributed by atoms with E-state index in [9.17, 15) is 0 Å². The zero-order valence-electron chi connectivity index (χ0n) is 11.6. The summed E-state index contributed by atoms with van der Waals surface area (Å²) < 4.78 is 0. The van der Waals surface area contributed by atoms with Crippen LogP contribution in [0.15, 0.2) is 42.5 Å². The van der Waals surface area contributed by atoms with E-state index in [0.717, 1.165) is 30.2 Å². The third-order valence-electron chi connectivity index (χ3n) is 4.23. The average Bonchev–Trinajstić information content (AvgIpc) is 2.47. The Kier molecular flexibility index (Phi) is 3.68. The lowest BCUT2D eigenvalue weighted by molar-refractivity contribution is 0.192. The van der Waals surface area contributed by atoms with Gasteiger partial charge in [0.1, 0.15) is 0 Å². The molecule has 0 radical (unpaired) electrons. The second-order valence-electron chi connectivity index (χ2n) is 5.40. The monoisotopic (exact) mass is 286 g/mol. The molecular formula is C17H19ClN2. The molecule has 3 rings (SSSR count). The van der Waals surface area contributed by atoms with Crippen LogP contribution in [0.4, 0.5) is 5.69 Å². The number of nitrogen functional groups attached to an aromatic ring is 1. The van der Waals surface area contributed by atoms with Gasteiger partial charge in [-0.1, -0.05) is 41.9 Å². The predicted octanol–water partition coefficient (Wildman–Crippen LogP) is 4.04. The highest BCUT2D eigenvalue weighted by Gasteiger charge is 2.23. The van der Waals surface area contributed by atoms with Crippen LogP contribution in [0.5, 0.6) is 0 Å². The first-order chi connectivity index (χ1) is 9.66. The van der Waals surface area contributed by atoms with Gasteiger partial charge >= 0.3 is 0 Å². The van der Waals surface area contributed by atoms with Crippen LogP contribution in [-0.2, 0) is 13.0 Å². The van der Waals surface area contributed by atoms with Crippen LogP contribution in [0.25, 0.3) is 0 Å². The smallest absolute Gasteiger partial charge is 0.0453 e. The Morgan fingerprint density at radius 1 is 1.15 bits per heavy atom. The number of nitrogens with zero attached hydrogens (tertiary/aromatic N) is 1. The van der Waals surface area contributed by atoms with Crippen molar-refractivity contribution in [3.63, 3.8) is 0 Å². The molecule has 2 aromatic rings. The minimum Gasteiger partial charge on any atom is -0.398 e. The van der Waals surface area contributed by atoms with Gasteiger partial charge < -0.3 is 5.73 Å². The van der Waals surface area contributed by atoms with E-state index in [0.29, 0.717) is 6.04 Å². The summed E-state index contributed by atoms with van der Waals surface area (Å²) in [6, 6.07) is 14.6. The minimum absolute atomic E-state index is 0.318. The Hall–Kier alpha value is -1.51. The topological polar surface area (TPSA) is 29.3 Å². The van der Waals surface area contributed by atoms with Crippen molar-refractivity contribution in [1.29, 1.82) is 0 Å². The summed E-state index contributed by atoms with van der Waals surface area (Å²) in [6.07, 6.45) is 1.01. The van der Waals surface area contributed by atoms with Gasteiger partial charge in [-0.3, -0.25) is 4.90 Å². The highest BCUT2D eigenvalue weighted by Crippen LogP contribution is 2.32. The van der Waals surface area contributed by atoms with E-state index in [1.165, 1.54) is 16.7 Å². The molecule has 1 atom stereocenters. The lowest BCUT2D eigenvalue weighted by atomic mass is 9.95. The summed E-state index contributed by atoms with van der Waals surface area (Å²) in [5.74, 6) is 0. The minimum atomic E-state index is 0.318. The lowest BCUT2D eigenvalue weighted by Crippen LogP contribution is -2.33. The van der Waals surface area contributed by atoms with E-state index in [2.05, 4.69) is 24.0 Å². The van der Waals surface area contributed by atoms with E-state index >= 15 is 0 Å². The molecular weight excluding hydrogens is 268 g/mol. The molecule has 1 heterocycles. The predicted molar refractivity (Wildman–Crippen MR) is 84.8 cm³/mol. The quantitative estimate of drug-likeness (QED) is 0.844. The van der Waals surface area contributed by atoms with Crippen molar-refractivity contribution >= 4 is 17.3 Å². The molecule has 104 valence electrons. The van der Waals surface area contributed by atoms with Gasteiger partial charge in [-0.05, 0) is 42.2 Å². The van der Waals surface area contributed by atoms with E-state index in [1.807, 2.05) is 30.3 Å². The van der Waals surface area contributed by atoms with Gasteiger partial charge in [0.05, 0.1) is 0 Å². The van der Waals surface area contributed by atoms with Crippen molar-refractivity contribution in [3.05, 3.63) is 64.2 Å². The first-order valence-electron chi connectivity index (χ1n) is 7.01. The maximum Gasteiger partial charge on any atom is 0.0453 e. The van der Waals surface area contributed by atoms with Crippen molar-refractivity contribution in [2.75, 3.05) is 12.3 Å². The van der Waals surface area contributed by atoms with Gasteiger partial charge in [-0.25, -0.2) is 0 Å². The largest absolute Gasteiger partial charge is 0.398 e. The standard InChI is InChI=1S/C17H19ClN2/c1-12(14-6-2-3-7-16(14)18)20-10-9-15-13(11-20)5-4-8-17(15)19/h2-8,12H,9-11,19H2,1H3. The molecule has 0 spiro atoms. The molecule has 0 bridgehead atoms. The first kappa shape index (κ1) is 13.5. The molecule has 2 nitrogen and oxygen atoms in total. The maximum atomic E-state index is 6.32. The van der Waals surface area contributed by atoms with Crippen molar-refractivity contribution in [2.24, 2.45) is 0 Å². The van der Waals surface area contributed by atoms with Crippen molar-refractivity contribution in [1.82, 2.24) is 4.90 Å². The molecule has 2 aromatic carbocycles. The molecule has 2 N–H and O–H groups in total. The number of anilines is 1. The number of hydrogen-bond acceptors (Lipinski definition) is 2. The Morgan fingerprint density at radius 3 is 2.75 bits per heavy atom. The fourth-order valence-corrected chi connectivity index (χ4v) is 3.30. The van der Waals surface area contributed by atoms with E-state index in [-0.39, 0.29) is 0 Å². The van der Waals surface area contributed by atoms with Gasteiger partial charge in [0.2, 0.25) is 0 Å². The molecule has 0 aliphatic carbocycles. The second kappa shape index (κ2) is 5.47. The number of nitrogens with two attached hydrogens (primary N) is 1. The van der Waals surface area contributed by atoms with Gasteiger partial charge in [-0.2, -0.15) is 0 Å². The number of fused-ring (bicyclic) bond motifs is 1. The van der Waals surface area contributed by atoms with Crippen LogP contribution in [0.1, 0.15) is 29.7 Å². The Morgan fingerprint density at radius 2 is 1.95 bits per heavy atom. The molecule has 1 aliphatic heterocycles. The number of hydrogen-bond donors (Lipinski definition) is 1. The first-order valence-corrected chi connectivity index (χ1v) is 7.39. The molecule has 0 amide bonds. The van der Waals surface area contributed by atoms with E-state index < -0.39 is 0 Å². The van der Waals surface area contributed by atoms with E-state index in [1.54, 1.807) is 0 Å². The van der Waals surface area contributed by atoms with Crippen LogP contribution in [0, 0.1) is 0 Å². The molecule has 0 aromatic heterocycles. The summed E-state index contributed by atoms with van der Waals surface area (Å²) in [5, 5.41) is 0.846. The fourth-order valence-electron chi connectivity index (χ4n) is 3.00. The molecule has 3 heteroatoms. The molecule has 0 saturated heterocycles. The van der Waals surface area contributed by atoms with Crippen molar-refractivity contribution in [2.45, 2.75) is 25.9 Å². The zero-order valence-corrected chi connectivity index (χ0v) is 12.4. The molecule has 20 heavy (non-hydrogen) atoms. The maximum absolute atomic E-state index is 6.32. The Bertz CT molecular complexity index is 624. The van der Waals surface area contributed by atoms with Crippen LogP contribution in [0.3, 0.4) is 0 Å². The zero-order chi connectivity index (χ0) is 14.1. The number of benzene rings is 2. The fraction of sp³-hybridized carbons (Fsp3) is 0.294. The van der Waals surface area contributed by atoms with E-state index in [4.69, 9.17) is 17.3 Å².